The number of nitrogens with zero attached hydrogens (tertiary/aromatic N) is 1. The number of amides is 1. The van der Waals surface area contributed by atoms with Gasteiger partial charge >= 0.3 is 0 Å². The van der Waals surface area contributed by atoms with Crippen LogP contribution < -0.4 is 10.1 Å². The number of hydrogen-bond donors (Lipinski definition) is 3. The minimum absolute atomic E-state index is 0.0136. The van der Waals surface area contributed by atoms with Gasteiger partial charge in [-0.1, -0.05) is 6.92 Å². The Morgan fingerprint density at radius 3 is 2.64 bits per heavy atom. The molecule has 2 atom stereocenters. The van der Waals surface area contributed by atoms with E-state index in [4.69, 9.17) is 9.84 Å². The molecule has 1 heterocycles. The normalized spacial score (nSPS) is 13.5. The number of benzene rings is 1. The first-order valence-corrected chi connectivity index (χ1v) is 7.16. The fraction of sp³-hybridized carbons (Fsp3) is 0.375. The van der Waals surface area contributed by atoms with Gasteiger partial charge < -0.3 is 15.2 Å². The number of H-pyrrole nitrogens is 1. The molecule has 118 valence electrons. The first-order valence-electron chi connectivity index (χ1n) is 7.16. The molecule has 0 aliphatic carbocycles. The van der Waals surface area contributed by atoms with Crippen LogP contribution in [0.1, 0.15) is 24.2 Å². The molecular weight excluding hydrogens is 282 g/mol. The molecule has 0 saturated heterocycles. The van der Waals surface area contributed by atoms with E-state index in [0.717, 1.165) is 11.3 Å². The highest BCUT2D eigenvalue weighted by atomic mass is 16.5. The molecule has 2 aromatic rings. The third kappa shape index (κ3) is 3.46. The lowest BCUT2D eigenvalue weighted by atomic mass is 10.0. The van der Waals surface area contributed by atoms with Crippen LogP contribution in [0.2, 0.25) is 0 Å². The summed E-state index contributed by atoms with van der Waals surface area (Å²) >= 11 is 0. The maximum Gasteiger partial charge on any atom is 0.255 e. The Kier molecular flexibility index (Phi) is 5.16. The topological polar surface area (TPSA) is 87.2 Å². The largest absolute Gasteiger partial charge is 0.497 e. The highest BCUT2D eigenvalue weighted by Gasteiger charge is 2.19. The van der Waals surface area contributed by atoms with Crippen molar-refractivity contribution in [3.8, 4) is 17.0 Å². The number of carbonyl (C=O) groups is 1. The lowest BCUT2D eigenvalue weighted by molar-refractivity contribution is 0.0917. The molecule has 6 heteroatoms. The van der Waals surface area contributed by atoms with Gasteiger partial charge in [0.1, 0.15) is 5.75 Å². The van der Waals surface area contributed by atoms with Crippen LogP contribution >= 0.6 is 0 Å². The average Bonchev–Trinajstić information content (AvgIpc) is 3.03. The van der Waals surface area contributed by atoms with Crippen LogP contribution in [0.3, 0.4) is 0 Å². The average molecular weight is 303 g/mol. The Bertz CT molecular complexity index is 622. The minimum atomic E-state index is -0.215. The molecule has 0 fully saturated rings. The van der Waals surface area contributed by atoms with Crippen LogP contribution in [0.15, 0.2) is 30.5 Å². The number of aromatic nitrogens is 2. The zero-order valence-electron chi connectivity index (χ0n) is 13.0. The highest BCUT2D eigenvalue weighted by molar-refractivity contribution is 5.99. The minimum Gasteiger partial charge on any atom is -0.497 e. The van der Waals surface area contributed by atoms with Crippen LogP contribution in [-0.2, 0) is 0 Å². The van der Waals surface area contributed by atoms with E-state index in [1.807, 2.05) is 38.1 Å². The maximum atomic E-state index is 12.4. The number of aliphatic hydroxyl groups is 1. The first kappa shape index (κ1) is 16.0. The van der Waals surface area contributed by atoms with Gasteiger partial charge in [0.15, 0.2) is 0 Å². The predicted molar refractivity (Wildman–Crippen MR) is 83.8 cm³/mol. The van der Waals surface area contributed by atoms with E-state index < -0.39 is 0 Å². The number of rotatable bonds is 6. The van der Waals surface area contributed by atoms with Crippen molar-refractivity contribution in [2.45, 2.75) is 19.9 Å². The number of aromatic amines is 1. The summed E-state index contributed by atoms with van der Waals surface area (Å²) in [6, 6.07) is 7.25. The summed E-state index contributed by atoms with van der Waals surface area (Å²) in [6.45, 7) is 3.77. The molecule has 1 aromatic carbocycles. The molecule has 0 saturated carbocycles. The van der Waals surface area contributed by atoms with E-state index >= 15 is 0 Å². The van der Waals surface area contributed by atoms with Crippen LogP contribution in [0.4, 0.5) is 0 Å². The van der Waals surface area contributed by atoms with Crippen molar-refractivity contribution in [2.75, 3.05) is 13.7 Å². The molecule has 22 heavy (non-hydrogen) atoms. The molecule has 0 radical (unpaired) electrons. The van der Waals surface area contributed by atoms with E-state index in [1.54, 1.807) is 7.11 Å². The Labute approximate surface area is 129 Å². The number of ether oxygens (including phenoxy) is 1. The molecule has 6 nitrogen and oxygen atoms in total. The molecule has 1 amide bonds. The van der Waals surface area contributed by atoms with Gasteiger partial charge in [0.25, 0.3) is 5.91 Å². The lowest BCUT2D eigenvalue weighted by Gasteiger charge is -2.19. The van der Waals surface area contributed by atoms with Crippen molar-refractivity contribution >= 4 is 5.91 Å². The summed E-state index contributed by atoms with van der Waals surface area (Å²) in [6.07, 6.45) is 1.51. The lowest BCUT2D eigenvalue weighted by Crippen LogP contribution is -2.38. The standard InChI is InChI=1S/C16H21N3O3/c1-10(9-20)11(2)18-16(21)14-8-17-19-15(14)12-4-6-13(22-3)7-5-12/h4-8,10-11,20H,9H2,1-3H3,(H,17,19)(H,18,21). The van der Waals surface area contributed by atoms with E-state index in [-0.39, 0.29) is 24.5 Å². The summed E-state index contributed by atoms with van der Waals surface area (Å²) in [4.78, 5) is 12.4. The predicted octanol–water partition coefficient (Wildman–Crippen LogP) is 1.83. The van der Waals surface area contributed by atoms with Gasteiger partial charge in [0.2, 0.25) is 0 Å². The van der Waals surface area contributed by atoms with Gasteiger partial charge in [-0.2, -0.15) is 5.10 Å². The third-order valence-electron chi connectivity index (χ3n) is 3.76. The van der Waals surface area contributed by atoms with Gasteiger partial charge in [-0.3, -0.25) is 9.89 Å². The van der Waals surface area contributed by atoms with Crippen LogP contribution in [-0.4, -0.2) is 41.0 Å². The van der Waals surface area contributed by atoms with Crippen LogP contribution in [0.5, 0.6) is 5.75 Å². The van der Waals surface area contributed by atoms with Crippen LogP contribution in [0, 0.1) is 5.92 Å². The number of hydrogen-bond acceptors (Lipinski definition) is 4. The number of methoxy groups -OCH3 is 1. The summed E-state index contributed by atoms with van der Waals surface area (Å²) < 4.78 is 5.13. The second-order valence-electron chi connectivity index (χ2n) is 5.31. The zero-order chi connectivity index (χ0) is 16.1. The van der Waals surface area contributed by atoms with Gasteiger partial charge in [-0.15, -0.1) is 0 Å². The molecule has 0 spiro atoms. The first-order chi connectivity index (χ1) is 10.6. The monoisotopic (exact) mass is 303 g/mol. The summed E-state index contributed by atoms with van der Waals surface area (Å²) in [7, 11) is 1.60. The van der Waals surface area contributed by atoms with Gasteiger partial charge in [0, 0.05) is 18.2 Å². The molecular formula is C16H21N3O3. The van der Waals surface area contributed by atoms with Gasteiger partial charge in [-0.05, 0) is 37.1 Å². The van der Waals surface area contributed by atoms with Crippen LogP contribution in [0.25, 0.3) is 11.3 Å². The molecule has 0 aliphatic rings. The van der Waals surface area contributed by atoms with Gasteiger partial charge in [0.05, 0.1) is 24.6 Å². The fourth-order valence-corrected chi connectivity index (χ4v) is 2.02. The van der Waals surface area contributed by atoms with Crippen molar-refractivity contribution in [3.05, 3.63) is 36.0 Å². The van der Waals surface area contributed by atoms with Crippen molar-refractivity contribution in [2.24, 2.45) is 5.92 Å². The summed E-state index contributed by atoms with van der Waals surface area (Å²) in [5.41, 5.74) is 1.98. The maximum absolute atomic E-state index is 12.4. The zero-order valence-corrected chi connectivity index (χ0v) is 13.0. The highest BCUT2D eigenvalue weighted by Crippen LogP contribution is 2.23. The molecule has 2 rings (SSSR count). The van der Waals surface area contributed by atoms with E-state index in [0.29, 0.717) is 11.3 Å². The molecule has 1 aromatic heterocycles. The smallest absolute Gasteiger partial charge is 0.255 e. The van der Waals surface area contributed by atoms with Crippen molar-refractivity contribution in [1.29, 1.82) is 0 Å². The molecule has 0 aliphatic heterocycles. The third-order valence-corrected chi connectivity index (χ3v) is 3.76. The second kappa shape index (κ2) is 7.09. The fourth-order valence-electron chi connectivity index (χ4n) is 2.02. The van der Waals surface area contributed by atoms with E-state index in [1.165, 1.54) is 6.20 Å². The Morgan fingerprint density at radius 2 is 2.05 bits per heavy atom. The Hall–Kier alpha value is -2.34. The summed E-state index contributed by atoms with van der Waals surface area (Å²) in [5.74, 6) is 0.521. The SMILES string of the molecule is COc1ccc(-c2[nH]ncc2C(=O)NC(C)C(C)CO)cc1. The Morgan fingerprint density at radius 1 is 1.36 bits per heavy atom. The number of aliphatic hydroxyl groups excluding tert-OH is 1. The van der Waals surface area contributed by atoms with Crippen molar-refractivity contribution in [1.82, 2.24) is 15.5 Å². The van der Waals surface area contributed by atoms with Crippen molar-refractivity contribution < 1.29 is 14.6 Å². The number of nitrogens with one attached hydrogen (secondary N) is 2. The summed E-state index contributed by atoms with van der Waals surface area (Å²) in [5, 5.41) is 18.9. The van der Waals surface area contributed by atoms with E-state index in [9.17, 15) is 4.79 Å². The molecule has 3 N–H and O–H groups in total. The Balaban J connectivity index is 2.19. The molecule has 2 unspecified atom stereocenters. The number of carbonyl (C=O) groups excluding carboxylic acids is 1. The quantitative estimate of drug-likeness (QED) is 0.760. The van der Waals surface area contributed by atoms with E-state index in [2.05, 4.69) is 15.5 Å². The van der Waals surface area contributed by atoms with Crippen molar-refractivity contribution in [3.63, 3.8) is 0 Å². The van der Waals surface area contributed by atoms with Gasteiger partial charge in [-0.25, -0.2) is 0 Å². The second-order valence-corrected chi connectivity index (χ2v) is 5.31. The molecule has 0 bridgehead atoms.